The quantitative estimate of drug-likeness (QED) is 0.895. The molecule has 6 heteroatoms. The molecule has 18 heavy (non-hydrogen) atoms. The highest BCUT2D eigenvalue weighted by atomic mass is 79.9. The van der Waals surface area contributed by atoms with Crippen molar-refractivity contribution in [2.24, 2.45) is 0 Å². The highest BCUT2D eigenvalue weighted by Crippen LogP contribution is 2.27. The molecule has 0 saturated carbocycles. The van der Waals surface area contributed by atoms with E-state index < -0.39 is 0 Å². The third-order valence-corrected chi connectivity index (χ3v) is 3.82. The van der Waals surface area contributed by atoms with E-state index in [-0.39, 0.29) is 6.04 Å². The summed E-state index contributed by atoms with van der Waals surface area (Å²) in [5, 5.41) is 7.63. The Balaban J connectivity index is 2.44. The lowest BCUT2D eigenvalue weighted by Crippen LogP contribution is -2.22. The van der Waals surface area contributed by atoms with Gasteiger partial charge in [0.2, 0.25) is 0 Å². The molecule has 0 saturated heterocycles. The van der Waals surface area contributed by atoms with Gasteiger partial charge in [0.25, 0.3) is 0 Å². The van der Waals surface area contributed by atoms with Gasteiger partial charge in [-0.3, -0.25) is 9.67 Å². The zero-order chi connectivity index (χ0) is 13.1. The van der Waals surface area contributed by atoms with Crippen LogP contribution in [-0.2, 0) is 6.54 Å². The molecule has 0 aromatic carbocycles. The van der Waals surface area contributed by atoms with Crippen molar-refractivity contribution in [1.29, 1.82) is 0 Å². The number of nitrogens with zero attached hydrogens (tertiary/aromatic N) is 3. The van der Waals surface area contributed by atoms with E-state index >= 15 is 0 Å². The van der Waals surface area contributed by atoms with E-state index in [4.69, 9.17) is 0 Å². The first kappa shape index (κ1) is 13.7. The van der Waals surface area contributed by atoms with Crippen LogP contribution in [0.15, 0.2) is 33.5 Å². The van der Waals surface area contributed by atoms with Gasteiger partial charge in [0.15, 0.2) is 0 Å². The molecule has 2 rings (SSSR count). The van der Waals surface area contributed by atoms with Crippen LogP contribution in [0.25, 0.3) is 0 Å². The minimum Gasteiger partial charge on any atom is -0.307 e. The fourth-order valence-electron chi connectivity index (χ4n) is 1.89. The first-order chi connectivity index (χ1) is 8.67. The molecule has 1 N–H and O–H groups in total. The van der Waals surface area contributed by atoms with Gasteiger partial charge < -0.3 is 5.32 Å². The summed E-state index contributed by atoms with van der Waals surface area (Å²) in [5.41, 5.74) is 2.06. The predicted octanol–water partition coefficient (Wildman–Crippen LogP) is 3.13. The Kier molecular flexibility index (Phi) is 4.53. The van der Waals surface area contributed by atoms with Gasteiger partial charge in [0.05, 0.1) is 28.1 Å². The monoisotopic (exact) mass is 372 g/mol. The van der Waals surface area contributed by atoms with Crippen molar-refractivity contribution in [3.8, 4) is 0 Å². The maximum atomic E-state index is 4.45. The second-order valence-electron chi connectivity index (χ2n) is 3.82. The van der Waals surface area contributed by atoms with Crippen LogP contribution in [0.1, 0.15) is 24.4 Å². The maximum Gasteiger partial charge on any atom is 0.0931 e. The molecule has 1 unspecified atom stereocenters. The minimum atomic E-state index is 0.0231. The molecule has 0 bridgehead atoms. The Hall–Kier alpha value is -0.720. The van der Waals surface area contributed by atoms with Crippen LogP contribution in [0, 0.1) is 0 Å². The molecule has 0 aliphatic carbocycles. The lowest BCUT2D eigenvalue weighted by molar-refractivity contribution is 0.554. The van der Waals surface area contributed by atoms with Crippen molar-refractivity contribution >= 4 is 31.9 Å². The smallest absolute Gasteiger partial charge is 0.0931 e. The molecule has 0 aliphatic rings. The van der Waals surface area contributed by atoms with E-state index in [1.165, 1.54) is 0 Å². The lowest BCUT2D eigenvalue weighted by Gasteiger charge is -2.17. The van der Waals surface area contributed by atoms with Crippen molar-refractivity contribution in [2.75, 3.05) is 7.05 Å². The zero-order valence-electron chi connectivity index (χ0n) is 10.2. The molecule has 0 spiro atoms. The van der Waals surface area contributed by atoms with Gasteiger partial charge in [0.1, 0.15) is 0 Å². The Morgan fingerprint density at radius 2 is 2.11 bits per heavy atom. The fourth-order valence-corrected chi connectivity index (χ4v) is 2.65. The van der Waals surface area contributed by atoms with Crippen LogP contribution in [-0.4, -0.2) is 21.8 Å². The first-order valence-electron chi connectivity index (χ1n) is 5.67. The molecule has 0 amide bonds. The number of hydrogen-bond donors (Lipinski definition) is 1. The average Bonchev–Trinajstić information content (AvgIpc) is 2.74. The molecular formula is C12H14Br2N4. The van der Waals surface area contributed by atoms with Gasteiger partial charge in [-0.1, -0.05) is 0 Å². The Labute approximate surface area is 123 Å². The van der Waals surface area contributed by atoms with Gasteiger partial charge in [-0.2, -0.15) is 5.10 Å². The summed E-state index contributed by atoms with van der Waals surface area (Å²) in [6.45, 7) is 2.90. The second-order valence-corrected chi connectivity index (χ2v) is 5.59. The Morgan fingerprint density at radius 1 is 1.33 bits per heavy atom. The molecule has 2 aromatic heterocycles. The van der Waals surface area contributed by atoms with E-state index in [2.05, 4.69) is 54.2 Å². The van der Waals surface area contributed by atoms with Gasteiger partial charge in [0, 0.05) is 17.2 Å². The van der Waals surface area contributed by atoms with E-state index in [1.807, 2.05) is 30.1 Å². The maximum absolute atomic E-state index is 4.45. The summed E-state index contributed by atoms with van der Waals surface area (Å²) in [6, 6.07) is 4.02. The summed E-state index contributed by atoms with van der Waals surface area (Å²) in [7, 11) is 1.92. The number of aryl methyl sites for hydroxylation is 1. The average molecular weight is 374 g/mol. The van der Waals surface area contributed by atoms with Gasteiger partial charge in [-0.05, 0) is 58.0 Å². The topological polar surface area (TPSA) is 42.7 Å². The third kappa shape index (κ3) is 2.65. The van der Waals surface area contributed by atoms with Crippen LogP contribution in [0.2, 0.25) is 0 Å². The van der Waals surface area contributed by atoms with E-state index in [1.54, 1.807) is 6.20 Å². The van der Waals surface area contributed by atoms with Crippen LogP contribution in [0.4, 0.5) is 0 Å². The van der Waals surface area contributed by atoms with Crippen molar-refractivity contribution in [1.82, 2.24) is 20.1 Å². The van der Waals surface area contributed by atoms with E-state index in [0.717, 1.165) is 26.9 Å². The molecular weight excluding hydrogens is 360 g/mol. The highest BCUT2D eigenvalue weighted by molar-refractivity contribution is 9.10. The summed E-state index contributed by atoms with van der Waals surface area (Å²) in [4.78, 5) is 4.45. The zero-order valence-corrected chi connectivity index (χ0v) is 13.4. The van der Waals surface area contributed by atoms with Gasteiger partial charge in [-0.25, -0.2) is 0 Å². The van der Waals surface area contributed by atoms with Crippen molar-refractivity contribution in [3.63, 3.8) is 0 Å². The van der Waals surface area contributed by atoms with Crippen LogP contribution in [0.5, 0.6) is 0 Å². The summed E-state index contributed by atoms with van der Waals surface area (Å²) in [5.74, 6) is 0. The molecule has 1 atom stereocenters. The highest BCUT2D eigenvalue weighted by Gasteiger charge is 2.20. The second kappa shape index (κ2) is 5.95. The summed E-state index contributed by atoms with van der Waals surface area (Å²) in [6.07, 6.45) is 3.63. The number of nitrogens with one attached hydrogen (secondary N) is 1. The molecule has 2 aromatic rings. The van der Waals surface area contributed by atoms with Crippen molar-refractivity contribution in [3.05, 3.63) is 44.9 Å². The van der Waals surface area contributed by atoms with Crippen LogP contribution in [0.3, 0.4) is 0 Å². The van der Waals surface area contributed by atoms with Crippen molar-refractivity contribution in [2.45, 2.75) is 19.5 Å². The first-order valence-corrected chi connectivity index (χ1v) is 7.25. The predicted molar refractivity (Wildman–Crippen MR) is 78.4 cm³/mol. The normalized spacial score (nSPS) is 12.7. The fraction of sp³-hybridized carbons (Fsp3) is 0.333. The largest absolute Gasteiger partial charge is 0.307 e. The Morgan fingerprint density at radius 3 is 2.67 bits per heavy atom. The standard InChI is InChI=1S/C12H14Br2N4/c1-3-18-12(9(14)7-17-18)11(15-2)10-5-4-8(13)6-16-10/h4-7,11,15H,3H2,1-2H3. The summed E-state index contributed by atoms with van der Waals surface area (Å²) < 4.78 is 3.94. The van der Waals surface area contributed by atoms with Crippen LogP contribution < -0.4 is 5.32 Å². The lowest BCUT2D eigenvalue weighted by atomic mass is 10.1. The number of halogens is 2. The molecule has 4 nitrogen and oxygen atoms in total. The SMILES string of the molecule is CCn1ncc(Br)c1C(NC)c1ccc(Br)cn1. The third-order valence-electron chi connectivity index (χ3n) is 2.74. The molecule has 0 fully saturated rings. The number of hydrogen-bond acceptors (Lipinski definition) is 3. The summed E-state index contributed by atoms with van der Waals surface area (Å²) >= 11 is 6.95. The Bertz CT molecular complexity index is 521. The number of pyridine rings is 1. The molecule has 96 valence electrons. The van der Waals surface area contributed by atoms with E-state index in [9.17, 15) is 0 Å². The van der Waals surface area contributed by atoms with Gasteiger partial charge >= 0.3 is 0 Å². The van der Waals surface area contributed by atoms with Crippen LogP contribution >= 0.6 is 31.9 Å². The van der Waals surface area contributed by atoms with Crippen molar-refractivity contribution < 1.29 is 0 Å². The van der Waals surface area contributed by atoms with E-state index in [0.29, 0.717) is 0 Å². The molecule has 2 heterocycles. The van der Waals surface area contributed by atoms with Gasteiger partial charge in [-0.15, -0.1) is 0 Å². The molecule has 0 radical (unpaired) electrons. The number of aromatic nitrogens is 3. The number of rotatable bonds is 4. The minimum absolute atomic E-state index is 0.0231. The molecule has 0 aliphatic heterocycles.